The van der Waals surface area contributed by atoms with Gasteiger partial charge in [0, 0.05) is 5.41 Å². The molecule has 0 aromatic carbocycles. The fraction of sp³-hybridized carbons (Fsp3) is 0.364. The monoisotopic (exact) mass is 235 g/mol. The van der Waals surface area contributed by atoms with Gasteiger partial charge in [-0.2, -0.15) is 0 Å². The van der Waals surface area contributed by atoms with E-state index in [0.717, 1.165) is 0 Å². The summed E-state index contributed by atoms with van der Waals surface area (Å²) in [6.07, 6.45) is 0. The number of nitrogen functional groups attached to an aromatic ring is 1. The zero-order chi connectivity index (χ0) is 12.8. The number of anilines is 1. The summed E-state index contributed by atoms with van der Waals surface area (Å²) >= 11 is 0. The maximum absolute atomic E-state index is 11.2. The van der Waals surface area contributed by atoms with E-state index in [1.807, 2.05) is 20.8 Å². The number of nitrogens with two attached hydrogens (primary N) is 1. The van der Waals surface area contributed by atoms with E-state index >= 15 is 0 Å². The van der Waals surface area contributed by atoms with E-state index in [9.17, 15) is 4.79 Å². The van der Waals surface area contributed by atoms with Crippen LogP contribution < -0.4 is 5.73 Å². The number of rotatable bonds is 1. The molecule has 0 aliphatic rings. The maximum Gasteiger partial charge on any atom is 0.336 e. The van der Waals surface area contributed by atoms with Crippen LogP contribution in [-0.2, 0) is 5.41 Å². The first-order valence-corrected chi connectivity index (χ1v) is 5.10. The summed E-state index contributed by atoms with van der Waals surface area (Å²) in [6.45, 7) is 5.81. The van der Waals surface area contributed by atoms with Crippen molar-refractivity contribution in [2.45, 2.75) is 26.2 Å². The predicted molar refractivity (Wildman–Crippen MR) is 61.9 cm³/mol. The number of aromatic carboxylic acids is 1. The van der Waals surface area contributed by atoms with E-state index in [-0.39, 0.29) is 27.9 Å². The largest absolute Gasteiger partial charge is 0.478 e. The van der Waals surface area contributed by atoms with Crippen LogP contribution in [0.5, 0.6) is 0 Å². The molecule has 90 valence electrons. The Bertz CT molecular complexity index is 596. The fourth-order valence-electron chi connectivity index (χ4n) is 1.53. The molecule has 0 aliphatic carbocycles. The van der Waals surface area contributed by atoms with Gasteiger partial charge in [-0.25, -0.2) is 9.78 Å². The summed E-state index contributed by atoms with van der Waals surface area (Å²) in [5.41, 5.74) is 6.14. The number of carboxylic acid groups (broad SMARTS) is 1. The lowest BCUT2D eigenvalue weighted by atomic mass is 9.90. The van der Waals surface area contributed by atoms with Crippen molar-refractivity contribution in [3.63, 3.8) is 0 Å². The Morgan fingerprint density at radius 1 is 1.47 bits per heavy atom. The SMILES string of the molecule is CC(C)(C)c1cc(C(=O)O)c2c(N)noc2n1. The molecule has 2 heterocycles. The summed E-state index contributed by atoms with van der Waals surface area (Å²) in [4.78, 5) is 15.4. The van der Waals surface area contributed by atoms with Crippen molar-refractivity contribution in [3.8, 4) is 0 Å². The van der Waals surface area contributed by atoms with Gasteiger partial charge in [0.1, 0.15) is 0 Å². The minimum atomic E-state index is -1.07. The molecule has 0 radical (unpaired) electrons. The summed E-state index contributed by atoms with van der Waals surface area (Å²) in [7, 11) is 0. The molecule has 0 aliphatic heterocycles. The molecular formula is C11H13N3O3. The van der Waals surface area contributed by atoms with Crippen LogP contribution in [0.1, 0.15) is 36.8 Å². The molecule has 17 heavy (non-hydrogen) atoms. The quantitative estimate of drug-likeness (QED) is 0.781. The van der Waals surface area contributed by atoms with Crippen molar-refractivity contribution in [1.82, 2.24) is 10.1 Å². The Hall–Kier alpha value is -2.11. The highest BCUT2D eigenvalue weighted by Gasteiger charge is 2.23. The van der Waals surface area contributed by atoms with Gasteiger partial charge in [0.05, 0.1) is 16.6 Å². The maximum atomic E-state index is 11.2. The molecule has 0 spiro atoms. The molecule has 2 rings (SSSR count). The normalized spacial score (nSPS) is 11.9. The fourth-order valence-corrected chi connectivity index (χ4v) is 1.53. The zero-order valence-electron chi connectivity index (χ0n) is 9.81. The second kappa shape index (κ2) is 3.44. The average molecular weight is 235 g/mol. The number of aromatic nitrogens is 2. The van der Waals surface area contributed by atoms with Gasteiger partial charge in [-0.05, 0) is 6.07 Å². The van der Waals surface area contributed by atoms with E-state index in [4.69, 9.17) is 15.4 Å². The van der Waals surface area contributed by atoms with Crippen molar-refractivity contribution in [3.05, 3.63) is 17.3 Å². The lowest BCUT2D eigenvalue weighted by Crippen LogP contribution is -2.15. The van der Waals surface area contributed by atoms with E-state index < -0.39 is 5.97 Å². The molecule has 6 heteroatoms. The standard InChI is InChI=1S/C11H13N3O3/c1-11(2,3)6-4-5(10(15)16)7-8(12)14-17-9(7)13-6/h4H,1-3H3,(H2,12,14)(H,15,16). The minimum absolute atomic E-state index is 0.0466. The van der Waals surface area contributed by atoms with Gasteiger partial charge in [-0.3, -0.25) is 0 Å². The molecule has 0 bridgehead atoms. The van der Waals surface area contributed by atoms with E-state index in [1.54, 1.807) is 0 Å². The Labute approximate surface area is 97.4 Å². The van der Waals surface area contributed by atoms with Crippen molar-refractivity contribution >= 4 is 22.9 Å². The number of pyridine rings is 1. The van der Waals surface area contributed by atoms with Crippen molar-refractivity contribution in [2.75, 3.05) is 5.73 Å². The van der Waals surface area contributed by atoms with E-state index in [0.29, 0.717) is 5.69 Å². The first-order valence-electron chi connectivity index (χ1n) is 5.10. The van der Waals surface area contributed by atoms with Gasteiger partial charge in [0.2, 0.25) is 0 Å². The van der Waals surface area contributed by atoms with Crippen molar-refractivity contribution < 1.29 is 14.4 Å². The summed E-state index contributed by atoms with van der Waals surface area (Å²) < 4.78 is 4.93. The van der Waals surface area contributed by atoms with Gasteiger partial charge >= 0.3 is 5.97 Å². The highest BCUT2D eigenvalue weighted by molar-refractivity contribution is 6.05. The van der Waals surface area contributed by atoms with Crippen LogP contribution in [0.4, 0.5) is 5.82 Å². The second-order valence-corrected chi connectivity index (χ2v) is 4.86. The Kier molecular flexibility index (Phi) is 2.30. The Morgan fingerprint density at radius 3 is 2.65 bits per heavy atom. The van der Waals surface area contributed by atoms with Crippen LogP contribution in [0, 0.1) is 0 Å². The lowest BCUT2D eigenvalue weighted by molar-refractivity contribution is 0.0698. The van der Waals surface area contributed by atoms with E-state index in [2.05, 4.69) is 10.1 Å². The first kappa shape index (κ1) is 11.4. The smallest absolute Gasteiger partial charge is 0.336 e. The molecular weight excluding hydrogens is 222 g/mol. The highest BCUT2D eigenvalue weighted by Crippen LogP contribution is 2.28. The molecule has 3 N–H and O–H groups in total. The third-order valence-corrected chi connectivity index (χ3v) is 2.47. The molecule has 0 saturated carbocycles. The van der Waals surface area contributed by atoms with Gasteiger partial charge in [0.25, 0.3) is 5.71 Å². The number of hydrogen-bond donors (Lipinski definition) is 2. The van der Waals surface area contributed by atoms with Crippen molar-refractivity contribution in [1.29, 1.82) is 0 Å². The van der Waals surface area contributed by atoms with Gasteiger partial charge in [-0.1, -0.05) is 25.9 Å². The molecule has 0 atom stereocenters. The number of hydrogen-bond acceptors (Lipinski definition) is 5. The van der Waals surface area contributed by atoms with Crippen LogP contribution in [-0.4, -0.2) is 21.2 Å². The number of carbonyl (C=O) groups is 1. The molecule has 0 amide bonds. The second-order valence-electron chi connectivity index (χ2n) is 4.86. The third-order valence-electron chi connectivity index (χ3n) is 2.47. The minimum Gasteiger partial charge on any atom is -0.478 e. The molecule has 0 fully saturated rings. The van der Waals surface area contributed by atoms with Crippen LogP contribution in [0.25, 0.3) is 11.1 Å². The van der Waals surface area contributed by atoms with E-state index in [1.165, 1.54) is 6.07 Å². The molecule has 6 nitrogen and oxygen atoms in total. The van der Waals surface area contributed by atoms with Crippen molar-refractivity contribution in [2.24, 2.45) is 0 Å². The van der Waals surface area contributed by atoms with Gasteiger partial charge in [0.15, 0.2) is 5.82 Å². The summed E-state index contributed by atoms with van der Waals surface area (Å²) in [5.74, 6) is -1.02. The summed E-state index contributed by atoms with van der Waals surface area (Å²) in [6, 6.07) is 1.51. The van der Waals surface area contributed by atoms with Crippen LogP contribution >= 0.6 is 0 Å². The third kappa shape index (κ3) is 1.82. The Morgan fingerprint density at radius 2 is 2.12 bits per heavy atom. The van der Waals surface area contributed by atoms with Crippen LogP contribution in [0.2, 0.25) is 0 Å². The number of carboxylic acids is 1. The van der Waals surface area contributed by atoms with Crippen LogP contribution in [0.3, 0.4) is 0 Å². The molecule has 0 saturated heterocycles. The number of fused-ring (bicyclic) bond motifs is 1. The molecule has 2 aromatic heterocycles. The topological polar surface area (TPSA) is 102 Å². The zero-order valence-corrected chi connectivity index (χ0v) is 9.81. The molecule has 2 aromatic rings. The molecule has 0 unspecified atom stereocenters. The highest BCUT2D eigenvalue weighted by atomic mass is 16.5. The lowest BCUT2D eigenvalue weighted by Gasteiger charge is -2.17. The van der Waals surface area contributed by atoms with Gasteiger partial charge in [-0.15, -0.1) is 0 Å². The van der Waals surface area contributed by atoms with Gasteiger partial charge < -0.3 is 15.4 Å². The number of nitrogens with zero attached hydrogens (tertiary/aromatic N) is 2. The summed E-state index contributed by atoms with van der Waals surface area (Å²) in [5, 5.41) is 13.0. The first-order chi connectivity index (χ1) is 7.80. The average Bonchev–Trinajstić information content (AvgIpc) is 2.58. The van der Waals surface area contributed by atoms with Crippen LogP contribution in [0.15, 0.2) is 10.6 Å². The predicted octanol–water partition coefficient (Wildman–Crippen LogP) is 1.80. The Balaban J connectivity index is 2.83.